The third kappa shape index (κ3) is 4.44. The molecule has 0 atom stereocenters. The Kier molecular flexibility index (Phi) is 5.58. The van der Waals surface area contributed by atoms with Crippen LogP contribution in [0.3, 0.4) is 0 Å². The van der Waals surface area contributed by atoms with Crippen LogP contribution in [0.2, 0.25) is 0 Å². The number of amides is 3. The minimum absolute atomic E-state index is 0.0628. The van der Waals surface area contributed by atoms with E-state index in [9.17, 15) is 9.59 Å². The predicted molar refractivity (Wildman–Crippen MR) is 112 cm³/mol. The summed E-state index contributed by atoms with van der Waals surface area (Å²) in [5.41, 5.74) is 3.26. The van der Waals surface area contributed by atoms with Crippen LogP contribution in [0, 0.1) is 0 Å². The molecule has 2 aromatic carbocycles. The second kappa shape index (κ2) is 7.92. The van der Waals surface area contributed by atoms with E-state index in [1.165, 1.54) is 5.56 Å². The topological polar surface area (TPSA) is 70.7 Å². The van der Waals surface area contributed by atoms with E-state index < -0.39 is 0 Å². The SMILES string of the molecule is COc1ccc(NC(=O)Nc2ccc(C(C)(C)C)cc2)cc1N1CCCC1=O. The number of hydrogen-bond donors (Lipinski definition) is 2. The van der Waals surface area contributed by atoms with Gasteiger partial charge in [-0.15, -0.1) is 0 Å². The summed E-state index contributed by atoms with van der Waals surface area (Å²) < 4.78 is 5.38. The fourth-order valence-electron chi connectivity index (χ4n) is 3.23. The summed E-state index contributed by atoms with van der Waals surface area (Å²) in [6.45, 7) is 7.10. The van der Waals surface area contributed by atoms with E-state index in [1.54, 1.807) is 30.2 Å². The van der Waals surface area contributed by atoms with Gasteiger partial charge in [-0.1, -0.05) is 32.9 Å². The Morgan fingerprint density at radius 1 is 1.04 bits per heavy atom. The van der Waals surface area contributed by atoms with Gasteiger partial charge in [0.15, 0.2) is 0 Å². The van der Waals surface area contributed by atoms with E-state index in [0.717, 1.165) is 6.42 Å². The molecule has 0 unspecified atom stereocenters. The van der Waals surface area contributed by atoms with Crippen molar-refractivity contribution in [3.8, 4) is 5.75 Å². The van der Waals surface area contributed by atoms with Crippen LogP contribution in [-0.4, -0.2) is 25.6 Å². The maximum absolute atomic E-state index is 12.4. The Morgan fingerprint density at radius 2 is 1.68 bits per heavy atom. The highest BCUT2D eigenvalue weighted by molar-refractivity contribution is 6.01. The van der Waals surface area contributed by atoms with Crippen LogP contribution in [0.1, 0.15) is 39.2 Å². The Bertz CT molecular complexity index is 870. The van der Waals surface area contributed by atoms with Crippen molar-refractivity contribution in [3.05, 3.63) is 48.0 Å². The van der Waals surface area contributed by atoms with Crippen molar-refractivity contribution >= 4 is 29.0 Å². The molecular formula is C22H27N3O3. The van der Waals surface area contributed by atoms with Crippen LogP contribution in [0.25, 0.3) is 0 Å². The van der Waals surface area contributed by atoms with Crippen molar-refractivity contribution in [2.45, 2.75) is 39.0 Å². The number of rotatable bonds is 4. The van der Waals surface area contributed by atoms with Crippen LogP contribution in [0.5, 0.6) is 5.75 Å². The highest BCUT2D eigenvalue weighted by Crippen LogP contribution is 2.34. The van der Waals surface area contributed by atoms with E-state index in [4.69, 9.17) is 4.74 Å². The third-order valence-corrected chi connectivity index (χ3v) is 4.81. The summed E-state index contributed by atoms with van der Waals surface area (Å²) in [7, 11) is 1.57. The zero-order valence-electron chi connectivity index (χ0n) is 16.8. The fourth-order valence-corrected chi connectivity index (χ4v) is 3.23. The Morgan fingerprint density at radius 3 is 2.25 bits per heavy atom. The van der Waals surface area contributed by atoms with Gasteiger partial charge in [-0.3, -0.25) is 4.79 Å². The molecule has 2 N–H and O–H groups in total. The van der Waals surface area contributed by atoms with Gasteiger partial charge in [0.05, 0.1) is 12.8 Å². The van der Waals surface area contributed by atoms with Crippen molar-refractivity contribution in [2.24, 2.45) is 0 Å². The second-order valence-corrected chi connectivity index (χ2v) is 7.94. The molecule has 148 valence electrons. The summed E-state index contributed by atoms with van der Waals surface area (Å²) in [6.07, 6.45) is 1.36. The van der Waals surface area contributed by atoms with Crippen molar-refractivity contribution < 1.29 is 14.3 Å². The average molecular weight is 381 g/mol. The molecule has 3 amide bonds. The van der Waals surface area contributed by atoms with Crippen molar-refractivity contribution in [3.63, 3.8) is 0 Å². The number of urea groups is 1. The molecule has 2 aromatic rings. The number of methoxy groups -OCH3 is 1. The summed E-state index contributed by atoms with van der Waals surface area (Å²) in [6, 6.07) is 12.8. The Labute approximate surface area is 165 Å². The largest absolute Gasteiger partial charge is 0.495 e. The van der Waals surface area contributed by atoms with Gasteiger partial charge >= 0.3 is 6.03 Å². The summed E-state index contributed by atoms with van der Waals surface area (Å²) >= 11 is 0. The molecule has 0 spiro atoms. The number of carbonyl (C=O) groups is 2. The number of benzene rings is 2. The highest BCUT2D eigenvalue weighted by atomic mass is 16.5. The number of nitrogens with one attached hydrogen (secondary N) is 2. The molecule has 0 saturated carbocycles. The van der Waals surface area contributed by atoms with Crippen LogP contribution >= 0.6 is 0 Å². The van der Waals surface area contributed by atoms with Gasteiger partial charge in [-0.2, -0.15) is 0 Å². The normalized spacial score (nSPS) is 14.1. The third-order valence-electron chi connectivity index (χ3n) is 4.81. The quantitative estimate of drug-likeness (QED) is 0.802. The number of hydrogen-bond acceptors (Lipinski definition) is 3. The molecule has 6 nitrogen and oxygen atoms in total. The van der Waals surface area contributed by atoms with Gasteiger partial charge < -0.3 is 20.3 Å². The van der Waals surface area contributed by atoms with Crippen molar-refractivity contribution in [1.29, 1.82) is 0 Å². The molecule has 1 heterocycles. The van der Waals surface area contributed by atoms with E-state index in [2.05, 4.69) is 31.4 Å². The summed E-state index contributed by atoms with van der Waals surface area (Å²) in [4.78, 5) is 26.2. The van der Waals surface area contributed by atoms with Crippen molar-refractivity contribution in [1.82, 2.24) is 0 Å². The highest BCUT2D eigenvalue weighted by Gasteiger charge is 2.25. The standard InChI is InChI=1S/C22H27N3O3/c1-22(2,3)15-7-9-16(10-8-15)23-21(27)24-17-11-12-19(28-4)18(14-17)25-13-5-6-20(25)26/h7-12,14H,5-6,13H2,1-4H3,(H2,23,24,27). The molecule has 1 fully saturated rings. The monoisotopic (exact) mass is 381 g/mol. The lowest BCUT2D eigenvalue weighted by atomic mass is 9.87. The minimum atomic E-state index is -0.340. The van der Waals surface area contributed by atoms with E-state index in [1.807, 2.05) is 24.3 Å². The van der Waals surface area contributed by atoms with E-state index in [-0.39, 0.29) is 17.4 Å². The molecule has 1 aliphatic rings. The molecule has 0 aliphatic carbocycles. The number of nitrogens with zero attached hydrogens (tertiary/aromatic N) is 1. The molecule has 0 aromatic heterocycles. The van der Waals surface area contributed by atoms with Gasteiger partial charge in [-0.25, -0.2) is 4.79 Å². The number of carbonyl (C=O) groups excluding carboxylic acids is 2. The molecule has 1 aliphatic heterocycles. The lowest BCUT2D eigenvalue weighted by molar-refractivity contribution is -0.117. The molecule has 0 bridgehead atoms. The van der Waals surface area contributed by atoms with E-state index in [0.29, 0.717) is 35.8 Å². The first kappa shape index (κ1) is 19.7. The summed E-state index contributed by atoms with van der Waals surface area (Å²) in [5, 5.41) is 5.66. The van der Waals surface area contributed by atoms with Crippen LogP contribution < -0.4 is 20.3 Å². The molecule has 1 saturated heterocycles. The first-order valence-corrected chi connectivity index (χ1v) is 9.45. The van der Waals surface area contributed by atoms with Gasteiger partial charge in [-0.05, 0) is 47.7 Å². The van der Waals surface area contributed by atoms with Gasteiger partial charge in [0.2, 0.25) is 5.91 Å². The first-order valence-electron chi connectivity index (χ1n) is 9.45. The number of anilines is 3. The van der Waals surface area contributed by atoms with Gasteiger partial charge in [0, 0.05) is 24.3 Å². The molecule has 0 radical (unpaired) electrons. The maximum atomic E-state index is 12.4. The Hall–Kier alpha value is -3.02. The average Bonchev–Trinajstić information content (AvgIpc) is 3.07. The van der Waals surface area contributed by atoms with Crippen LogP contribution in [-0.2, 0) is 10.2 Å². The molecule has 6 heteroatoms. The second-order valence-electron chi connectivity index (χ2n) is 7.94. The van der Waals surface area contributed by atoms with Crippen molar-refractivity contribution in [2.75, 3.05) is 29.2 Å². The minimum Gasteiger partial charge on any atom is -0.495 e. The lowest BCUT2D eigenvalue weighted by Crippen LogP contribution is -2.25. The first-order chi connectivity index (χ1) is 13.3. The van der Waals surface area contributed by atoms with Crippen LogP contribution in [0.15, 0.2) is 42.5 Å². The Balaban J connectivity index is 1.71. The maximum Gasteiger partial charge on any atom is 0.323 e. The smallest absolute Gasteiger partial charge is 0.323 e. The fraction of sp³-hybridized carbons (Fsp3) is 0.364. The zero-order chi connectivity index (χ0) is 20.3. The summed E-state index contributed by atoms with van der Waals surface area (Å²) in [5.74, 6) is 0.679. The van der Waals surface area contributed by atoms with Crippen LogP contribution in [0.4, 0.5) is 21.9 Å². The van der Waals surface area contributed by atoms with Gasteiger partial charge in [0.1, 0.15) is 5.75 Å². The lowest BCUT2D eigenvalue weighted by Gasteiger charge is -2.20. The molecule has 3 rings (SSSR count). The molecule has 28 heavy (non-hydrogen) atoms. The van der Waals surface area contributed by atoms with E-state index >= 15 is 0 Å². The zero-order valence-corrected chi connectivity index (χ0v) is 16.8. The predicted octanol–water partition coefficient (Wildman–Crippen LogP) is 4.76. The molecular weight excluding hydrogens is 354 g/mol. The van der Waals surface area contributed by atoms with Gasteiger partial charge in [0.25, 0.3) is 0 Å². The number of ether oxygens (including phenoxy) is 1.